The van der Waals surface area contributed by atoms with Gasteiger partial charge in [-0.1, -0.05) is 18.5 Å². The quantitative estimate of drug-likeness (QED) is 0.742. The molecule has 2 N–H and O–H groups in total. The fraction of sp³-hybridized carbons (Fsp3) is 0.348. The minimum Gasteiger partial charge on any atom is -0.376 e. The Hall–Kier alpha value is -3.04. The number of benzene rings is 2. The number of nitrogens with zero attached hydrogens (tertiary/aromatic N) is 2. The summed E-state index contributed by atoms with van der Waals surface area (Å²) in [6.07, 6.45) is 2.22. The fourth-order valence-electron chi connectivity index (χ4n) is 3.62. The van der Waals surface area contributed by atoms with E-state index >= 15 is 0 Å². The molecule has 1 unspecified atom stereocenters. The summed E-state index contributed by atoms with van der Waals surface area (Å²) in [4.78, 5) is 26.9. The molecule has 0 saturated carbocycles. The molecular weight excluding hydrogens is 400 g/mol. The SMILES string of the molecule is Cc1cc(C(=O)N2CCCC(C)C2)ccc1NCC(=O)Nc1ccc(C#N)c(Cl)c1. The van der Waals surface area contributed by atoms with Gasteiger partial charge in [0.15, 0.2) is 0 Å². The van der Waals surface area contributed by atoms with Crippen molar-refractivity contribution >= 4 is 34.8 Å². The Bertz CT molecular complexity index is 999. The Morgan fingerprint density at radius 2 is 2.07 bits per heavy atom. The summed E-state index contributed by atoms with van der Waals surface area (Å²) in [5.74, 6) is 0.360. The average molecular weight is 425 g/mol. The predicted molar refractivity (Wildman–Crippen MR) is 119 cm³/mol. The first kappa shape index (κ1) is 21.7. The van der Waals surface area contributed by atoms with Gasteiger partial charge in [-0.2, -0.15) is 5.26 Å². The van der Waals surface area contributed by atoms with E-state index in [-0.39, 0.29) is 18.4 Å². The maximum absolute atomic E-state index is 12.8. The number of likely N-dealkylation sites (tertiary alicyclic amines) is 1. The Labute approximate surface area is 181 Å². The Morgan fingerprint density at radius 3 is 2.73 bits per heavy atom. The minimum absolute atomic E-state index is 0.0617. The summed E-state index contributed by atoms with van der Waals surface area (Å²) in [6, 6.07) is 12.2. The molecule has 6 nitrogen and oxygen atoms in total. The lowest BCUT2D eigenvalue weighted by Gasteiger charge is -2.31. The molecule has 1 heterocycles. The van der Waals surface area contributed by atoms with E-state index in [0.29, 0.717) is 27.8 Å². The summed E-state index contributed by atoms with van der Waals surface area (Å²) in [5.41, 5.74) is 3.26. The highest BCUT2D eigenvalue weighted by Gasteiger charge is 2.22. The van der Waals surface area contributed by atoms with E-state index in [1.807, 2.05) is 30.0 Å². The highest BCUT2D eigenvalue weighted by atomic mass is 35.5. The molecule has 3 rings (SSSR count). The van der Waals surface area contributed by atoms with Crippen molar-refractivity contribution in [3.8, 4) is 6.07 Å². The number of carbonyl (C=O) groups is 2. The van der Waals surface area contributed by atoms with Gasteiger partial charge in [-0.3, -0.25) is 9.59 Å². The van der Waals surface area contributed by atoms with Crippen LogP contribution >= 0.6 is 11.6 Å². The molecule has 0 spiro atoms. The van der Waals surface area contributed by atoms with Gasteiger partial charge >= 0.3 is 0 Å². The van der Waals surface area contributed by atoms with E-state index < -0.39 is 0 Å². The smallest absolute Gasteiger partial charge is 0.253 e. The highest BCUT2D eigenvalue weighted by Crippen LogP contribution is 2.22. The Kier molecular flexibility index (Phi) is 6.96. The van der Waals surface area contributed by atoms with Gasteiger partial charge in [-0.15, -0.1) is 0 Å². The average Bonchev–Trinajstić information content (AvgIpc) is 2.72. The lowest BCUT2D eigenvalue weighted by molar-refractivity contribution is -0.114. The number of nitriles is 1. The highest BCUT2D eigenvalue weighted by molar-refractivity contribution is 6.32. The van der Waals surface area contributed by atoms with Crippen molar-refractivity contribution in [3.05, 3.63) is 58.1 Å². The van der Waals surface area contributed by atoms with Crippen LogP contribution in [0.4, 0.5) is 11.4 Å². The van der Waals surface area contributed by atoms with Crippen LogP contribution in [0.5, 0.6) is 0 Å². The third kappa shape index (κ3) is 5.31. The van der Waals surface area contributed by atoms with Crippen molar-refractivity contribution in [3.63, 3.8) is 0 Å². The number of halogens is 1. The molecule has 1 fully saturated rings. The van der Waals surface area contributed by atoms with Crippen molar-refractivity contribution in [1.82, 2.24) is 4.90 Å². The fourth-order valence-corrected chi connectivity index (χ4v) is 3.84. The molecule has 0 radical (unpaired) electrons. The molecule has 2 aromatic rings. The van der Waals surface area contributed by atoms with E-state index in [4.69, 9.17) is 16.9 Å². The molecule has 2 aromatic carbocycles. The normalized spacial score (nSPS) is 15.9. The van der Waals surface area contributed by atoms with Crippen LogP contribution in [-0.2, 0) is 4.79 Å². The number of hydrogen-bond donors (Lipinski definition) is 2. The second-order valence-electron chi connectivity index (χ2n) is 7.74. The topological polar surface area (TPSA) is 85.2 Å². The molecule has 7 heteroatoms. The number of rotatable bonds is 5. The predicted octanol–water partition coefficient (Wildman–Crippen LogP) is 4.44. The first-order valence-electron chi connectivity index (χ1n) is 10.0. The molecule has 2 amide bonds. The lowest BCUT2D eigenvalue weighted by atomic mass is 9.99. The van der Waals surface area contributed by atoms with E-state index in [1.165, 1.54) is 6.42 Å². The lowest BCUT2D eigenvalue weighted by Crippen LogP contribution is -2.39. The van der Waals surface area contributed by atoms with Gasteiger partial charge in [-0.25, -0.2) is 0 Å². The number of amides is 2. The minimum atomic E-state index is -0.238. The number of nitrogens with one attached hydrogen (secondary N) is 2. The zero-order valence-electron chi connectivity index (χ0n) is 17.2. The number of piperidine rings is 1. The maximum atomic E-state index is 12.8. The standard InChI is InChI=1S/C23H25ClN4O2/c1-15-4-3-9-28(14-15)23(30)17-6-8-21(16(2)10-17)26-13-22(29)27-19-7-5-18(12-25)20(24)11-19/h5-8,10-11,15,26H,3-4,9,13-14H2,1-2H3,(H,27,29). The molecular formula is C23H25ClN4O2. The van der Waals surface area contributed by atoms with Gasteiger partial charge in [0.25, 0.3) is 5.91 Å². The second-order valence-corrected chi connectivity index (χ2v) is 8.14. The number of anilines is 2. The number of hydrogen-bond acceptors (Lipinski definition) is 4. The summed E-state index contributed by atoms with van der Waals surface area (Å²) in [5, 5.41) is 15.1. The molecule has 0 aliphatic carbocycles. The molecule has 1 aliphatic rings. The van der Waals surface area contributed by atoms with Gasteiger partial charge in [-0.05, 0) is 67.6 Å². The monoisotopic (exact) mass is 424 g/mol. The van der Waals surface area contributed by atoms with Crippen molar-refractivity contribution < 1.29 is 9.59 Å². The summed E-state index contributed by atoms with van der Waals surface area (Å²) in [6.45, 7) is 5.76. The van der Waals surface area contributed by atoms with Crippen LogP contribution in [-0.4, -0.2) is 36.3 Å². The van der Waals surface area contributed by atoms with E-state index in [9.17, 15) is 9.59 Å². The molecule has 1 atom stereocenters. The van der Waals surface area contributed by atoms with Gasteiger partial charge in [0.05, 0.1) is 17.1 Å². The van der Waals surface area contributed by atoms with Gasteiger partial charge in [0, 0.05) is 30.0 Å². The van der Waals surface area contributed by atoms with Gasteiger partial charge in [0.1, 0.15) is 6.07 Å². The third-order valence-electron chi connectivity index (χ3n) is 5.23. The molecule has 0 aromatic heterocycles. The van der Waals surface area contributed by atoms with E-state index in [2.05, 4.69) is 17.6 Å². The summed E-state index contributed by atoms with van der Waals surface area (Å²) < 4.78 is 0. The molecule has 0 bridgehead atoms. The number of carbonyl (C=O) groups excluding carboxylic acids is 2. The zero-order valence-corrected chi connectivity index (χ0v) is 17.9. The van der Waals surface area contributed by atoms with Crippen LogP contribution in [0.2, 0.25) is 5.02 Å². The molecule has 30 heavy (non-hydrogen) atoms. The van der Waals surface area contributed by atoms with E-state index in [0.717, 1.165) is 30.8 Å². The van der Waals surface area contributed by atoms with Gasteiger partial charge < -0.3 is 15.5 Å². The van der Waals surface area contributed by atoms with Crippen LogP contribution in [0.25, 0.3) is 0 Å². The number of aryl methyl sites for hydroxylation is 1. The van der Waals surface area contributed by atoms with Crippen LogP contribution in [0, 0.1) is 24.2 Å². The van der Waals surface area contributed by atoms with Crippen molar-refractivity contribution in [2.24, 2.45) is 5.92 Å². The molecule has 1 aliphatic heterocycles. The van der Waals surface area contributed by atoms with Crippen LogP contribution < -0.4 is 10.6 Å². The van der Waals surface area contributed by atoms with Crippen LogP contribution in [0.1, 0.15) is 41.3 Å². The van der Waals surface area contributed by atoms with E-state index in [1.54, 1.807) is 24.3 Å². The Balaban J connectivity index is 1.58. The first-order chi connectivity index (χ1) is 14.4. The second kappa shape index (κ2) is 9.64. The molecule has 1 saturated heterocycles. The summed E-state index contributed by atoms with van der Waals surface area (Å²) >= 11 is 5.99. The summed E-state index contributed by atoms with van der Waals surface area (Å²) in [7, 11) is 0. The van der Waals surface area contributed by atoms with Crippen molar-refractivity contribution in [2.45, 2.75) is 26.7 Å². The van der Waals surface area contributed by atoms with Crippen LogP contribution in [0.3, 0.4) is 0 Å². The molecule has 156 valence electrons. The Morgan fingerprint density at radius 1 is 1.27 bits per heavy atom. The largest absolute Gasteiger partial charge is 0.376 e. The van der Waals surface area contributed by atoms with Gasteiger partial charge in [0.2, 0.25) is 5.91 Å². The maximum Gasteiger partial charge on any atom is 0.253 e. The zero-order chi connectivity index (χ0) is 21.7. The first-order valence-corrected chi connectivity index (χ1v) is 10.4. The third-order valence-corrected chi connectivity index (χ3v) is 5.54. The van der Waals surface area contributed by atoms with Crippen molar-refractivity contribution in [2.75, 3.05) is 30.3 Å². The van der Waals surface area contributed by atoms with Crippen molar-refractivity contribution in [1.29, 1.82) is 5.26 Å². The van der Waals surface area contributed by atoms with Crippen LogP contribution in [0.15, 0.2) is 36.4 Å².